The van der Waals surface area contributed by atoms with Gasteiger partial charge in [0.15, 0.2) is 0 Å². The maximum absolute atomic E-state index is 8.85. The number of nitrogens with one attached hydrogen (secondary N) is 1. The molecular weight excluding hydrogens is 304 g/mol. The van der Waals surface area contributed by atoms with Crippen molar-refractivity contribution >= 4 is 21.7 Å². The second kappa shape index (κ2) is 6.30. The van der Waals surface area contributed by atoms with Gasteiger partial charge in [0.2, 0.25) is 0 Å². The molecule has 4 nitrogen and oxygen atoms in total. The second-order valence-electron chi connectivity index (χ2n) is 4.10. The summed E-state index contributed by atoms with van der Waals surface area (Å²) in [4.78, 5) is 8.26. The molecule has 0 saturated heterocycles. The maximum atomic E-state index is 8.85. The van der Waals surface area contributed by atoms with E-state index in [0.717, 1.165) is 17.4 Å². The fourth-order valence-corrected chi connectivity index (χ4v) is 2.19. The predicted molar refractivity (Wildman–Crippen MR) is 77.8 cm³/mol. The van der Waals surface area contributed by atoms with E-state index in [-0.39, 0.29) is 0 Å². The lowest BCUT2D eigenvalue weighted by Gasteiger charge is -2.06. The molecule has 1 aromatic heterocycles. The topological polar surface area (TPSA) is 61.6 Å². The smallest absolute Gasteiger partial charge is 0.146 e. The summed E-state index contributed by atoms with van der Waals surface area (Å²) in [6.07, 6.45) is 0.893. The Kier molecular flexibility index (Phi) is 4.48. The quantitative estimate of drug-likeness (QED) is 0.941. The van der Waals surface area contributed by atoms with Crippen LogP contribution >= 0.6 is 15.9 Å². The van der Waals surface area contributed by atoms with E-state index in [1.165, 1.54) is 5.56 Å². The van der Waals surface area contributed by atoms with Crippen molar-refractivity contribution in [1.82, 2.24) is 9.97 Å². The van der Waals surface area contributed by atoms with Crippen molar-refractivity contribution in [1.29, 1.82) is 5.26 Å². The van der Waals surface area contributed by atoms with Crippen molar-refractivity contribution in [3.05, 3.63) is 51.9 Å². The Morgan fingerprint density at radius 3 is 2.89 bits per heavy atom. The molecule has 1 N–H and O–H groups in total. The van der Waals surface area contributed by atoms with Crippen LogP contribution in [0, 0.1) is 18.3 Å². The zero-order valence-electron chi connectivity index (χ0n) is 10.5. The largest absolute Gasteiger partial charge is 0.370 e. The van der Waals surface area contributed by atoms with Gasteiger partial charge in [-0.15, -0.1) is 0 Å². The van der Waals surface area contributed by atoms with E-state index in [1.54, 1.807) is 13.0 Å². The number of hydrogen-bond donors (Lipinski definition) is 1. The first-order chi connectivity index (χ1) is 9.17. The van der Waals surface area contributed by atoms with Crippen molar-refractivity contribution in [2.24, 2.45) is 0 Å². The highest BCUT2D eigenvalue weighted by atomic mass is 79.9. The summed E-state index contributed by atoms with van der Waals surface area (Å²) in [6, 6.07) is 11.9. The third-order valence-corrected chi connectivity index (χ3v) is 3.05. The summed E-state index contributed by atoms with van der Waals surface area (Å²) in [5.41, 5.74) is 1.63. The van der Waals surface area contributed by atoms with Crippen LogP contribution in [-0.4, -0.2) is 16.5 Å². The molecule has 96 valence electrons. The predicted octanol–water partition coefficient (Wildman–Crippen LogP) is 3.07. The standard InChI is InChI=1S/C14H13BrN4/c1-10-18-13(9-16)8-14(19-10)17-6-5-11-3-2-4-12(15)7-11/h2-4,7-8H,5-6H2,1H3,(H,17,18,19). The summed E-state index contributed by atoms with van der Waals surface area (Å²) in [5.74, 6) is 1.29. The maximum Gasteiger partial charge on any atom is 0.146 e. The molecule has 2 aromatic rings. The van der Waals surface area contributed by atoms with Gasteiger partial charge < -0.3 is 5.32 Å². The molecule has 0 atom stereocenters. The Morgan fingerprint density at radius 1 is 1.32 bits per heavy atom. The van der Waals surface area contributed by atoms with Gasteiger partial charge in [-0.05, 0) is 31.0 Å². The van der Waals surface area contributed by atoms with Gasteiger partial charge in [-0.1, -0.05) is 28.1 Å². The summed E-state index contributed by atoms with van der Waals surface area (Å²) in [7, 11) is 0. The highest BCUT2D eigenvalue weighted by Gasteiger charge is 2.01. The van der Waals surface area contributed by atoms with Crippen LogP contribution in [0.4, 0.5) is 5.82 Å². The second-order valence-corrected chi connectivity index (χ2v) is 5.02. The van der Waals surface area contributed by atoms with Crippen molar-refractivity contribution in [2.45, 2.75) is 13.3 Å². The molecule has 0 fully saturated rings. The monoisotopic (exact) mass is 316 g/mol. The molecule has 0 unspecified atom stereocenters. The van der Waals surface area contributed by atoms with Crippen LogP contribution in [0.25, 0.3) is 0 Å². The highest BCUT2D eigenvalue weighted by Crippen LogP contribution is 2.12. The lowest BCUT2D eigenvalue weighted by molar-refractivity contribution is 0.975. The number of halogens is 1. The average molecular weight is 317 g/mol. The highest BCUT2D eigenvalue weighted by molar-refractivity contribution is 9.10. The van der Waals surface area contributed by atoms with Crippen LogP contribution in [-0.2, 0) is 6.42 Å². The SMILES string of the molecule is Cc1nc(C#N)cc(NCCc2cccc(Br)c2)n1. The fourth-order valence-electron chi connectivity index (χ4n) is 1.74. The minimum Gasteiger partial charge on any atom is -0.370 e. The van der Waals surface area contributed by atoms with Crippen LogP contribution in [0.5, 0.6) is 0 Å². The zero-order valence-corrected chi connectivity index (χ0v) is 12.1. The average Bonchev–Trinajstić information content (AvgIpc) is 2.38. The van der Waals surface area contributed by atoms with Gasteiger partial charge >= 0.3 is 0 Å². The van der Waals surface area contributed by atoms with E-state index < -0.39 is 0 Å². The third-order valence-electron chi connectivity index (χ3n) is 2.56. The fraction of sp³-hybridized carbons (Fsp3) is 0.214. The van der Waals surface area contributed by atoms with Gasteiger partial charge in [0.05, 0.1) is 0 Å². The molecule has 0 saturated carbocycles. The first kappa shape index (κ1) is 13.5. The molecular formula is C14H13BrN4. The molecule has 1 aromatic carbocycles. The molecule has 0 aliphatic heterocycles. The van der Waals surface area contributed by atoms with Crippen LogP contribution in [0.2, 0.25) is 0 Å². The molecule has 5 heteroatoms. The number of rotatable bonds is 4. The summed E-state index contributed by atoms with van der Waals surface area (Å²) in [5, 5.41) is 12.1. The van der Waals surface area contributed by atoms with Crippen molar-refractivity contribution in [2.75, 3.05) is 11.9 Å². The number of benzene rings is 1. The summed E-state index contributed by atoms with van der Waals surface area (Å²) >= 11 is 3.45. The Balaban J connectivity index is 1.96. The van der Waals surface area contributed by atoms with Gasteiger partial charge in [0, 0.05) is 17.1 Å². The minimum atomic E-state index is 0.387. The molecule has 0 spiro atoms. The Morgan fingerprint density at radius 2 is 2.16 bits per heavy atom. The van der Waals surface area contributed by atoms with Crippen LogP contribution in [0.3, 0.4) is 0 Å². The summed E-state index contributed by atoms with van der Waals surface area (Å²) in [6.45, 7) is 2.54. The van der Waals surface area contributed by atoms with Crippen molar-refractivity contribution in [3.8, 4) is 6.07 Å². The molecule has 0 amide bonds. The lowest BCUT2D eigenvalue weighted by Crippen LogP contribution is -2.08. The minimum absolute atomic E-state index is 0.387. The number of aromatic nitrogens is 2. The van der Waals surface area contributed by atoms with E-state index in [0.29, 0.717) is 17.3 Å². The van der Waals surface area contributed by atoms with Gasteiger partial charge in [-0.3, -0.25) is 0 Å². The van der Waals surface area contributed by atoms with Crippen molar-refractivity contribution < 1.29 is 0 Å². The van der Waals surface area contributed by atoms with Crippen LogP contribution in [0.15, 0.2) is 34.8 Å². The normalized spacial score (nSPS) is 9.95. The molecule has 0 aliphatic carbocycles. The number of anilines is 1. The van der Waals surface area contributed by atoms with Crippen LogP contribution < -0.4 is 5.32 Å². The number of aryl methyl sites for hydroxylation is 1. The summed E-state index contributed by atoms with van der Waals surface area (Å²) < 4.78 is 1.08. The molecule has 0 radical (unpaired) electrons. The van der Waals surface area contributed by atoms with Crippen LogP contribution in [0.1, 0.15) is 17.1 Å². The number of nitriles is 1. The van der Waals surface area contributed by atoms with E-state index in [9.17, 15) is 0 Å². The van der Waals surface area contributed by atoms with E-state index >= 15 is 0 Å². The molecule has 0 bridgehead atoms. The lowest BCUT2D eigenvalue weighted by atomic mass is 10.1. The Labute approximate surface area is 120 Å². The first-order valence-corrected chi connectivity index (χ1v) is 6.71. The van der Waals surface area contributed by atoms with Gasteiger partial charge in [0.1, 0.15) is 23.4 Å². The number of nitrogens with zero attached hydrogens (tertiary/aromatic N) is 3. The van der Waals surface area contributed by atoms with E-state index in [2.05, 4.69) is 43.3 Å². The zero-order chi connectivity index (χ0) is 13.7. The van der Waals surface area contributed by atoms with Crippen molar-refractivity contribution in [3.63, 3.8) is 0 Å². The van der Waals surface area contributed by atoms with E-state index in [4.69, 9.17) is 5.26 Å². The van der Waals surface area contributed by atoms with Gasteiger partial charge in [0.25, 0.3) is 0 Å². The first-order valence-electron chi connectivity index (χ1n) is 5.91. The van der Waals surface area contributed by atoms with E-state index in [1.807, 2.05) is 18.2 Å². The molecule has 2 rings (SSSR count). The third kappa shape index (κ3) is 4.04. The Bertz CT molecular complexity index is 619. The van der Waals surface area contributed by atoms with Gasteiger partial charge in [-0.25, -0.2) is 9.97 Å². The number of hydrogen-bond acceptors (Lipinski definition) is 4. The van der Waals surface area contributed by atoms with Gasteiger partial charge in [-0.2, -0.15) is 5.26 Å². The molecule has 19 heavy (non-hydrogen) atoms. The molecule has 0 aliphatic rings. The molecule has 1 heterocycles. The Hall–Kier alpha value is -1.93.